The lowest BCUT2D eigenvalue weighted by atomic mass is 9.88. The summed E-state index contributed by atoms with van der Waals surface area (Å²) < 4.78 is 12.9. The second kappa shape index (κ2) is 4.13. The van der Waals surface area contributed by atoms with E-state index in [-0.39, 0.29) is 12.0 Å². The van der Waals surface area contributed by atoms with Gasteiger partial charge in [-0.1, -0.05) is 6.92 Å². The fraction of sp³-hybridized carbons (Fsp3) is 0.615. The number of hydrogen-bond donors (Lipinski definition) is 1. The van der Waals surface area contributed by atoms with E-state index in [1.807, 2.05) is 6.92 Å². The predicted octanol–water partition coefficient (Wildman–Crippen LogP) is -0.265. The minimum atomic E-state index is -1.03. The van der Waals surface area contributed by atoms with Gasteiger partial charge in [0.15, 0.2) is 18.1 Å². The van der Waals surface area contributed by atoms with E-state index in [2.05, 4.69) is 4.98 Å². The van der Waals surface area contributed by atoms with Crippen molar-refractivity contribution in [2.24, 2.45) is 5.92 Å². The van der Waals surface area contributed by atoms with Crippen molar-refractivity contribution in [2.45, 2.75) is 44.8 Å². The van der Waals surface area contributed by atoms with Crippen molar-refractivity contribution in [2.75, 3.05) is 0 Å². The first-order chi connectivity index (χ1) is 9.40. The van der Waals surface area contributed by atoms with Gasteiger partial charge in [0.05, 0.1) is 6.10 Å². The lowest BCUT2D eigenvalue weighted by Gasteiger charge is -2.32. The van der Waals surface area contributed by atoms with Crippen LogP contribution in [0.3, 0.4) is 0 Å². The molecule has 2 aliphatic rings. The largest absolute Gasteiger partial charge is 0.367 e. The van der Waals surface area contributed by atoms with Crippen LogP contribution in [-0.4, -0.2) is 33.6 Å². The Morgan fingerprint density at radius 1 is 1.40 bits per heavy atom. The number of aryl methyl sites for hydroxylation is 1. The average Bonchev–Trinajstić information content (AvgIpc) is 2.81. The molecule has 5 atom stereocenters. The first-order valence-electron chi connectivity index (χ1n) is 6.52. The first-order valence-corrected chi connectivity index (χ1v) is 6.52. The standard InChI is InChI=1S/C13H16N2O5/c1-6-4-15(12(18)14-10(6)17)11-9-7(2)13(5-16,20-11)8(3)19-9/h4-5,7-9,11H,1-3H3,(H,14,17,18)/t7-,8-,9+,11+,13+/m0/s1. The lowest BCUT2D eigenvalue weighted by Crippen LogP contribution is -2.47. The van der Waals surface area contributed by atoms with Gasteiger partial charge in [-0.3, -0.25) is 14.3 Å². The quantitative estimate of drug-likeness (QED) is 0.753. The maximum atomic E-state index is 11.9. The van der Waals surface area contributed by atoms with Gasteiger partial charge in [0, 0.05) is 17.7 Å². The second-order valence-electron chi connectivity index (χ2n) is 5.49. The van der Waals surface area contributed by atoms with Crippen LogP contribution in [0.5, 0.6) is 0 Å². The Morgan fingerprint density at radius 2 is 2.10 bits per heavy atom. The van der Waals surface area contributed by atoms with Gasteiger partial charge in [-0.2, -0.15) is 0 Å². The van der Waals surface area contributed by atoms with Gasteiger partial charge in [0.1, 0.15) is 6.10 Å². The van der Waals surface area contributed by atoms with Gasteiger partial charge in [-0.25, -0.2) is 4.79 Å². The third-order valence-electron chi connectivity index (χ3n) is 4.41. The Hall–Kier alpha value is -1.73. The van der Waals surface area contributed by atoms with Crippen molar-refractivity contribution in [3.05, 3.63) is 32.6 Å². The highest BCUT2D eigenvalue weighted by Gasteiger charge is 2.64. The maximum Gasteiger partial charge on any atom is 0.330 e. The number of ether oxygens (including phenoxy) is 2. The van der Waals surface area contributed by atoms with Crippen LogP contribution in [0.4, 0.5) is 0 Å². The van der Waals surface area contributed by atoms with Crippen LogP contribution in [0.1, 0.15) is 25.6 Å². The van der Waals surface area contributed by atoms with Gasteiger partial charge in [-0.15, -0.1) is 0 Å². The molecule has 108 valence electrons. The normalized spacial score (nSPS) is 39.1. The number of H-pyrrole nitrogens is 1. The summed E-state index contributed by atoms with van der Waals surface area (Å²) in [4.78, 5) is 37.0. The van der Waals surface area contributed by atoms with Crippen LogP contribution in [0.25, 0.3) is 0 Å². The minimum absolute atomic E-state index is 0.154. The van der Waals surface area contributed by atoms with E-state index in [4.69, 9.17) is 9.47 Å². The van der Waals surface area contributed by atoms with Crippen molar-refractivity contribution in [1.29, 1.82) is 0 Å². The molecule has 3 heterocycles. The summed E-state index contributed by atoms with van der Waals surface area (Å²) in [5, 5.41) is 0. The zero-order valence-corrected chi connectivity index (χ0v) is 11.5. The predicted molar refractivity (Wildman–Crippen MR) is 68.5 cm³/mol. The molecule has 2 fully saturated rings. The van der Waals surface area contributed by atoms with Crippen molar-refractivity contribution in [3.8, 4) is 0 Å². The third kappa shape index (κ3) is 1.50. The first kappa shape index (κ1) is 13.3. The number of fused-ring (bicyclic) bond motifs is 2. The zero-order chi connectivity index (χ0) is 14.7. The highest BCUT2D eigenvalue weighted by atomic mass is 16.6. The molecular weight excluding hydrogens is 264 g/mol. The molecule has 2 aliphatic heterocycles. The second-order valence-corrected chi connectivity index (χ2v) is 5.49. The van der Waals surface area contributed by atoms with E-state index in [0.29, 0.717) is 5.56 Å². The lowest BCUT2D eigenvalue weighted by molar-refractivity contribution is -0.199. The SMILES string of the molecule is Cc1cn([C@@H]2O[C@@]3(C=O)[C@H](C)O[C@@H]2[C@@H]3C)c(=O)[nH]c1=O. The summed E-state index contributed by atoms with van der Waals surface area (Å²) in [5.74, 6) is -0.154. The summed E-state index contributed by atoms with van der Waals surface area (Å²) in [5.41, 5.74) is -1.62. The number of hydrogen-bond acceptors (Lipinski definition) is 5. The number of aldehydes is 1. The van der Waals surface area contributed by atoms with Crippen molar-refractivity contribution in [3.63, 3.8) is 0 Å². The summed E-state index contributed by atoms with van der Waals surface area (Å²) >= 11 is 0. The highest BCUT2D eigenvalue weighted by Crippen LogP contribution is 2.50. The van der Waals surface area contributed by atoms with E-state index in [9.17, 15) is 14.4 Å². The molecule has 3 rings (SSSR count). The molecule has 0 radical (unpaired) electrons. The van der Waals surface area contributed by atoms with Gasteiger partial charge < -0.3 is 14.3 Å². The molecule has 0 saturated carbocycles. The van der Waals surface area contributed by atoms with Crippen LogP contribution < -0.4 is 11.2 Å². The maximum absolute atomic E-state index is 11.9. The molecule has 1 N–H and O–H groups in total. The number of carbonyl (C=O) groups is 1. The molecule has 7 heteroatoms. The molecule has 1 aromatic heterocycles. The third-order valence-corrected chi connectivity index (χ3v) is 4.41. The Kier molecular flexibility index (Phi) is 2.74. The van der Waals surface area contributed by atoms with E-state index in [0.717, 1.165) is 6.29 Å². The fourth-order valence-corrected chi connectivity index (χ4v) is 3.10. The number of aromatic amines is 1. The summed E-state index contributed by atoms with van der Waals surface area (Å²) in [7, 11) is 0. The number of rotatable bonds is 2. The van der Waals surface area contributed by atoms with E-state index < -0.39 is 29.2 Å². The Bertz CT molecular complexity index is 678. The Labute approximate surface area is 114 Å². The van der Waals surface area contributed by atoms with Crippen LogP contribution in [-0.2, 0) is 14.3 Å². The van der Waals surface area contributed by atoms with Gasteiger partial charge in [-0.05, 0) is 13.8 Å². The number of aromatic nitrogens is 2. The van der Waals surface area contributed by atoms with Crippen LogP contribution in [0, 0.1) is 12.8 Å². The van der Waals surface area contributed by atoms with Gasteiger partial charge >= 0.3 is 5.69 Å². The van der Waals surface area contributed by atoms with Gasteiger partial charge in [0.25, 0.3) is 5.56 Å². The van der Waals surface area contributed by atoms with E-state index in [1.165, 1.54) is 10.8 Å². The molecule has 0 unspecified atom stereocenters. The summed E-state index contributed by atoms with van der Waals surface area (Å²) in [6.07, 6.45) is 0.751. The van der Waals surface area contributed by atoms with E-state index >= 15 is 0 Å². The smallest absolute Gasteiger partial charge is 0.330 e. The van der Waals surface area contributed by atoms with E-state index in [1.54, 1.807) is 13.8 Å². The van der Waals surface area contributed by atoms with Crippen LogP contribution in [0.2, 0.25) is 0 Å². The Morgan fingerprint density at radius 3 is 2.70 bits per heavy atom. The number of nitrogens with zero attached hydrogens (tertiary/aromatic N) is 1. The molecule has 7 nitrogen and oxygen atoms in total. The van der Waals surface area contributed by atoms with Crippen LogP contribution >= 0.6 is 0 Å². The highest BCUT2D eigenvalue weighted by molar-refractivity contribution is 5.66. The average molecular weight is 280 g/mol. The molecule has 1 aromatic rings. The van der Waals surface area contributed by atoms with Crippen molar-refractivity contribution < 1.29 is 14.3 Å². The fourth-order valence-electron chi connectivity index (χ4n) is 3.10. The molecule has 0 spiro atoms. The Balaban J connectivity index is 2.07. The van der Waals surface area contributed by atoms with Crippen LogP contribution in [0.15, 0.2) is 15.8 Å². The molecule has 2 bridgehead atoms. The van der Waals surface area contributed by atoms with Crippen molar-refractivity contribution >= 4 is 6.29 Å². The molecule has 2 saturated heterocycles. The zero-order valence-electron chi connectivity index (χ0n) is 11.5. The van der Waals surface area contributed by atoms with Crippen molar-refractivity contribution in [1.82, 2.24) is 9.55 Å². The summed E-state index contributed by atoms with van der Waals surface area (Å²) in [6, 6.07) is 0. The summed E-state index contributed by atoms with van der Waals surface area (Å²) in [6.45, 7) is 5.25. The molecule has 0 aliphatic carbocycles. The molecule has 0 aromatic carbocycles. The van der Waals surface area contributed by atoms with Gasteiger partial charge in [0.2, 0.25) is 0 Å². The molecule has 20 heavy (non-hydrogen) atoms. The molecule has 0 amide bonds. The topological polar surface area (TPSA) is 90.4 Å². The number of nitrogens with one attached hydrogen (secondary N) is 1. The minimum Gasteiger partial charge on any atom is -0.367 e. The monoisotopic (exact) mass is 280 g/mol. The molecular formula is C13H16N2O5. The number of carbonyl (C=O) groups excluding carboxylic acids is 1.